The van der Waals surface area contributed by atoms with E-state index in [1.54, 1.807) is 0 Å². The van der Waals surface area contributed by atoms with Gasteiger partial charge in [0, 0.05) is 5.92 Å². The molecule has 0 spiro atoms. The molecule has 1 saturated carbocycles. The highest BCUT2D eigenvalue weighted by molar-refractivity contribution is 5.90. The van der Waals surface area contributed by atoms with Crippen LogP contribution in [-0.2, 0) is 4.79 Å². The number of amidine groups is 1. The van der Waals surface area contributed by atoms with Crippen molar-refractivity contribution >= 4 is 11.7 Å². The Morgan fingerprint density at radius 1 is 1.47 bits per heavy atom. The molecule has 1 atom stereocenters. The quantitative estimate of drug-likeness (QED) is 0.301. The van der Waals surface area contributed by atoms with Crippen molar-refractivity contribution in [2.24, 2.45) is 22.7 Å². The van der Waals surface area contributed by atoms with Crippen LogP contribution in [0.15, 0.2) is 5.16 Å². The Morgan fingerprint density at radius 2 is 2.06 bits per heavy atom. The second kappa shape index (κ2) is 6.47. The van der Waals surface area contributed by atoms with E-state index < -0.39 is 0 Å². The van der Waals surface area contributed by atoms with Crippen molar-refractivity contribution in [1.29, 1.82) is 0 Å². The first-order valence-corrected chi connectivity index (χ1v) is 6.36. The second-order valence-electron chi connectivity index (χ2n) is 4.95. The third-order valence-electron chi connectivity index (χ3n) is 3.58. The Kier molecular flexibility index (Phi) is 5.25. The minimum atomic E-state index is -0.355. The molecule has 5 nitrogen and oxygen atoms in total. The molecule has 4 N–H and O–H groups in total. The molecule has 0 aromatic heterocycles. The van der Waals surface area contributed by atoms with Crippen molar-refractivity contribution in [3.8, 4) is 0 Å². The maximum atomic E-state index is 12.0. The van der Waals surface area contributed by atoms with Gasteiger partial charge in [0.1, 0.15) is 0 Å². The monoisotopic (exact) mass is 241 g/mol. The average molecular weight is 241 g/mol. The largest absolute Gasteiger partial charge is 0.409 e. The Hall–Kier alpha value is -1.26. The van der Waals surface area contributed by atoms with Crippen LogP contribution in [-0.4, -0.2) is 23.0 Å². The highest BCUT2D eigenvalue weighted by atomic mass is 16.4. The van der Waals surface area contributed by atoms with Crippen LogP contribution in [0.3, 0.4) is 0 Å². The van der Waals surface area contributed by atoms with E-state index in [9.17, 15) is 4.79 Å². The van der Waals surface area contributed by atoms with Gasteiger partial charge in [0.05, 0.1) is 6.04 Å². The Morgan fingerprint density at radius 3 is 2.53 bits per heavy atom. The van der Waals surface area contributed by atoms with E-state index in [0.717, 1.165) is 31.6 Å². The number of carbonyl (C=O) groups excluding carboxylic acids is 1. The number of nitrogens with one attached hydrogen (secondary N) is 1. The van der Waals surface area contributed by atoms with Gasteiger partial charge >= 0.3 is 0 Å². The van der Waals surface area contributed by atoms with E-state index in [1.165, 1.54) is 0 Å². The zero-order chi connectivity index (χ0) is 12.8. The summed E-state index contributed by atoms with van der Waals surface area (Å²) in [6.07, 6.45) is 4.74. The van der Waals surface area contributed by atoms with Gasteiger partial charge in [-0.25, -0.2) is 0 Å². The van der Waals surface area contributed by atoms with Gasteiger partial charge in [-0.15, -0.1) is 0 Å². The minimum absolute atomic E-state index is 0.0374. The van der Waals surface area contributed by atoms with Crippen molar-refractivity contribution in [2.75, 3.05) is 0 Å². The topological polar surface area (TPSA) is 87.7 Å². The molecule has 0 saturated heterocycles. The van der Waals surface area contributed by atoms with Crippen molar-refractivity contribution < 1.29 is 10.0 Å². The van der Waals surface area contributed by atoms with Crippen LogP contribution in [0.4, 0.5) is 0 Å². The molecule has 0 aromatic carbocycles. The molecule has 0 aliphatic heterocycles. The number of oxime groups is 1. The predicted octanol–water partition coefficient (Wildman–Crippen LogP) is 1.45. The molecule has 1 fully saturated rings. The molecular formula is C12H23N3O2. The van der Waals surface area contributed by atoms with Crippen molar-refractivity contribution in [3.05, 3.63) is 0 Å². The van der Waals surface area contributed by atoms with E-state index in [0.29, 0.717) is 6.42 Å². The fourth-order valence-corrected chi connectivity index (χ4v) is 2.27. The van der Waals surface area contributed by atoms with Gasteiger partial charge in [-0.1, -0.05) is 19.0 Å². The molecule has 0 aromatic rings. The van der Waals surface area contributed by atoms with Crippen LogP contribution in [0.1, 0.15) is 46.0 Å². The fourth-order valence-electron chi connectivity index (χ4n) is 2.27. The normalized spacial score (nSPS) is 27.5. The first-order chi connectivity index (χ1) is 8.08. The van der Waals surface area contributed by atoms with Crippen LogP contribution >= 0.6 is 0 Å². The summed E-state index contributed by atoms with van der Waals surface area (Å²) >= 11 is 0. The zero-order valence-corrected chi connectivity index (χ0v) is 10.6. The van der Waals surface area contributed by atoms with Crippen molar-refractivity contribution in [1.82, 2.24) is 5.32 Å². The first kappa shape index (κ1) is 13.8. The summed E-state index contributed by atoms with van der Waals surface area (Å²) in [6, 6.07) is -0.355. The van der Waals surface area contributed by atoms with Gasteiger partial charge in [0.25, 0.3) is 0 Å². The Bertz CT molecular complexity index is 283. The maximum Gasteiger partial charge on any atom is 0.223 e. The first-order valence-electron chi connectivity index (χ1n) is 6.36. The number of carbonyl (C=O) groups is 1. The molecular weight excluding hydrogens is 218 g/mol. The lowest BCUT2D eigenvalue weighted by Crippen LogP contribution is -2.46. The number of amides is 1. The molecule has 1 aliphatic carbocycles. The van der Waals surface area contributed by atoms with Crippen molar-refractivity contribution in [2.45, 2.75) is 52.0 Å². The van der Waals surface area contributed by atoms with Gasteiger partial charge in [-0.3, -0.25) is 4.79 Å². The number of hydrogen-bond donors (Lipinski definition) is 3. The van der Waals surface area contributed by atoms with Gasteiger partial charge < -0.3 is 16.3 Å². The summed E-state index contributed by atoms with van der Waals surface area (Å²) in [7, 11) is 0. The summed E-state index contributed by atoms with van der Waals surface area (Å²) in [5.74, 6) is 0.928. The summed E-state index contributed by atoms with van der Waals surface area (Å²) in [5, 5.41) is 14.4. The maximum absolute atomic E-state index is 12.0. The molecule has 98 valence electrons. The number of hydrogen-bond acceptors (Lipinski definition) is 3. The molecule has 1 rings (SSSR count). The highest BCUT2D eigenvalue weighted by Gasteiger charge is 2.26. The lowest BCUT2D eigenvalue weighted by molar-refractivity contribution is -0.126. The standard InChI is InChI=1S/C12H23N3O2/c1-3-10(11(13)15-17)14-12(16)9-6-4-8(2)5-7-9/h8-10,17H,3-7H2,1-2H3,(H2,13,15)(H,14,16). The predicted molar refractivity (Wildman–Crippen MR) is 66.8 cm³/mol. The molecule has 0 heterocycles. The summed E-state index contributed by atoms with van der Waals surface area (Å²) < 4.78 is 0. The summed E-state index contributed by atoms with van der Waals surface area (Å²) in [6.45, 7) is 4.12. The molecule has 1 unspecified atom stereocenters. The average Bonchev–Trinajstić information content (AvgIpc) is 2.35. The van der Waals surface area contributed by atoms with Gasteiger partial charge in [0.15, 0.2) is 5.84 Å². The number of nitrogens with two attached hydrogens (primary N) is 1. The summed E-state index contributed by atoms with van der Waals surface area (Å²) in [5.41, 5.74) is 5.51. The Balaban J connectivity index is 2.47. The van der Waals surface area contributed by atoms with Gasteiger partial charge in [-0.2, -0.15) is 0 Å². The third-order valence-corrected chi connectivity index (χ3v) is 3.58. The number of nitrogens with zero attached hydrogens (tertiary/aromatic N) is 1. The molecule has 5 heteroatoms. The van der Waals surface area contributed by atoms with Crippen LogP contribution in [0.5, 0.6) is 0 Å². The fraction of sp³-hybridized carbons (Fsp3) is 0.833. The van der Waals surface area contributed by atoms with E-state index in [2.05, 4.69) is 17.4 Å². The van der Waals surface area contributed by atoms with E-state index in [-0.39, 0.29) is 23.7 Å². The molecule has 1 aliphatic rings. The smallest absolute Gasteiger partial charge is 0.223 e. The lowest BCUT2D eigenvalue weighted by atomic mass is 9.82. The van der Waals surface area contributed by atoms with Crippen LogP contribution in [0.25, 0.3) is 0 Å². The molecule has 1 amide bonds. The zero-order valence-electron chi connectivity index (χ0n) is 10.6. The van der Waals surface area contributed by atoms with E-state index in [4.69, 9.17) is 10.9 Å². The van der Waals surface area contributed by atoms with Gasteiger partial charge in [0.2, 0.25) is 5.91 Å². The molecule has 0 radical (unpaired) electrons. The van der Waals surface area contributed by atoms with Crippen LogP contribution < -0.4 is 11.1 Å². The van der Waals surface area contributed by atoms with Crippen molar-refractivity contribution in [3.63, 3.8) is 0 Å². The van der Waals surface area contributed by atoms with Crippen LogP contribution in [0.2, 0.25) is 0 Å². The Labute approximate surface area is 102 Å². The SMILES string of the molecule is CCC(NC(=O)C1CCC(C)CC1)C(N)=NO. The third kappa shape index (κ3) is 3.91. The highest BCUT2D eigenvalue weighted by Crippen LogP contribution is 2.28. The second-order valence-corrected chi connectivity index (χ2v) is 4.95. The van der Waals surface area contributed by atoms with E-state index in [1.807, 2.05) is 6.92 Å². The van der Waals surface area contributed by atoms with E-state index >= 15 is 0 Å². The van der Waals surface area contributed by atoms with Crippen LogP contribution in [0, 0.1) is 11.8 Å². The summed E-state index contributed by atoms with van der Waals surface area (Å²) in [4.78, 5) is 12.0. The number of rotatable bonds is 4. The lowest BCUT2D eigenvalue weighted by Gasteiger charge is -2.26. The molecule has 17 heavy (non-hydrogen) atoms. The minimum Gasteiger partial charge on any atom is -0.409 e. The molecule has 0 bridgehead atoms. The van der Waals surface area contributed by atoms with Gasteiger partial charge in [-0.05, 0) is 38.0 Å².